The van der Waals surface area contributed by atoms with Crippen LogP contribution in [0.5, 0.6) is 0 Å². The van der Waals surface area contributed by atoms with Gasteiger partial charge in [-0.15, -0.1) is 22.7 Å². The van der Waals surface area contributed by atoms with E-state index in [2.05, 4.69) is 66.6 Å². The van der Waals surface area contributed by atoms with Gasteiger partial charge in [-0.1, -0.05) is 37.3 Å². The SMILES string of the molecule is Cc1ccc(CN(CCC(=O)O)c2nc(C3(C)CCC(c4ccccc4)CC3)cs2)s1. The van der Waals surface area contributed by atoms with E-state index in [0.29, 0.717) is 19.0 Å². The topological polar surface area (TPSA) is 53.4 Å². The Morgan fingerprint density at radius 2 is 1.94 bits per heavy atom. The Bertz CT molecular complexity index is 1000. The predicted octanol–water partition coefficient (Wildman–Crippen LogP) is 6.61. The predicted molar refractivity (Wildman–Crippen MR) is 129 cm³/mol. The van der Waals surface area contributed by atoms with Crippen molar-refractivity contribution < 1.29 is 9.90 Å². The number of thiazole rings is 1. The standard InChI is InChI=1S/C25H30N2O2S2/c1-18-8-9-21(31-18)16-27(15-12-23(28)29)24-26-22(17-30-24)25(2)13-10-20(11-14-25)19-6-4-3-5-7-19/h3-9,17,20H,10-16H2,1-2H3,(H,28,29). The molecule has 3 aromatic rings. The number of hydrogen-bond acceptors (Lipinski definition) is 5. The summed E-state index contributed by atoms with van der Waals surface area (Å²) in [6, 6.07) is 15.1. The molecule has 6 heteroatoms. The van der Waals surface area contributed by atoms with E-state index in [-0.39, 0.29) is 11.8 Å². The monoisotopic (exact) mass is 454 g/mol. The average molecular weight is 455 g/mol. The van der Waals surface area contributed by atoms with E-state index in [9.17, 15) is 9.90 Å². The number of aromatic nitrogens is 1. The molecular formula is C25H30N2O2S2. The van der Waals surface area contributed by atoms with Crippen LogP contribution >= 0.6 is 22.7 Å². The van der Waals surface area contributed by atoms with Gasteiger partial charge in [0.05, 0.1) is 18.7 Å². The second kappa shape index (κ2) is 9.53. The van der Waals surface area contributed by atoms with E-state index in [4.69, 9.17) is 4.98 Å². The van der Waals surface area contributed by atoms with Gasteiger partial charge in [0.2, 0.25) is 0 Å². The minimum atomic E-state index is -0.768. The Hall–Kier alpha value is -2.18. The van der Waals surface area contributed by atoms with Crippen molar-refractivity contribution >= 4 is 33.8 Å². The van der Waals surface area contributed by atoms with Gasteiger partial charge in [0.15, 0.2) is 5.13 Å². The van der Waals surface area contributed by atoms with Gasteiger partial charge in [-0.05, 0) is 56.2 Å². The van der Waals surface area contributed by atoms with Gasteiger partial charge in [-0.2, -0.15) is 0 Å². The van der Waals surface area contributed by atoms with E-state index in [1.807, 2.05) is 0 Å². The smallest absolute Gasteiger partial charge is 0.305 e. The molecule has 0 atom stereocenters. The molecule has 0 spiro atoms. The molecule has 2 heterocycles. The first-order valence-electron chi connectivity index (χ1n) is 11.0. The van der Waals surface area contributed by atoms with Crippen molar-refractivity contribution in [3.05, 3.63) is 68.9 Å². The molecule has 1 saturated carbocycles. The molecule has 1 fully saturated rings. The molecule has 1 aliphatic rings. The quantitative estimate of drug-likeness (QED) is 0.416. The largest absolute Gasteiger partial charge is 0.481 e. The number of aliphatic carboxylic acids is 1. The summed E-state index contributed by atoms with van der Waals surface area (Å²) in [5, 5.41) is 12.3. The maximum Gasteiger partial charge on any atom is 0.305 e. The summed E-state index contributed by atoms with van der Waals surface area (Å²) in [5.41, 5.74) is 2.72. The lowest BCUT2D eigenvalue weighted by atomic mass is 9.69. The fraction of sp³-hybridized carbons (Fsp3) is 0.440. The van der Waals surface area contributed by atoms with Crippen molar-refractivity contribution in [2.24, 2.45) is 0 Å². The number of rotatable bonds is 8. The lowest BCUT2D eigenvalue weighted by molar-refractivity contribution is -0.136. The van der Waals surface area contributed by atoms with Gasteiger partial charge in [-0.25, -0.2) is 4.98 Å². The molecule has 1 aromatic carbocycles. The summed E-state index contributed by atoms with van der Waals surface area (Å²) in [6.07, 6.45) is 4.76. The molecule has 31 heavy (non-hydrogen) atoms. The number of thiophene rings is 1. The summed E-state index contributed by atoms with van der Waals surface area (Å²) in [5.74, 6) is -0.128. The molecule has 0 amide bonds. The molecule has 2 aromatic heterocycles. The fourth-order valence-electron chi connectivity index (χ4n) is 4.49. The molecule has 1 aliphatic carbocycles. The van der Waals surface area contributed by atoms with Crippen LogP contribution in [0.15, 0.2) is 47.8 Å². The molecule has 4 nitrogen and oxygen atoms in total. The second-order valence-electron chi connectivity index (χ2n) is 8.84. The first kappa shape index (κ1) is 22.0. The molecule has 0 aliphatic heterocycles. The van der Waals surface area contributed by atoms with Gasteiger partial charge in [0, 0.05) is 27.1 Å². The Balaban J connectivity index is 1.47. The van der Waals surface area contributed by atoms with E-state index < -0.39 is 5.97 Å². The molecule has 0 unspecified atom stereocenters. The summed E-state index contributed by atoms with van der Waals surface area (Å²) >= 11 is 3.42. The van der Waals surface area contributed by atoms with Crippen molar-refractivity contribution in [1.82, 2.24) is 4.98 Å². The molecular weight excluding hydrogens is 424 g/mol. The van der Waals surface area contributed by atoms with Gasteiger partial charge in [0.1, 0.15) is 0 Å². The van der Waals surface area contributed by atoms with Crippen LogP contribution in [0.4, 0.5) is 5.13 Å². The van der Waals surface area contributed by atoms with Crippen molar-refractivity contribution in [3.8, 4) is 0 Å². The van der Waals surface area contributed by atoms with Crippen molar-refractivity contribution in [3.63, 3.8) is 0 Å². The number of carboxylic acid groups (broad SMARTS) is 1. The molecule has 4 rings (SSSR count). The maximum atomic E-state index is 11.2. The van der Waals surface area contributed by atoms with Crippen LogP contribution in [0.25, 0.3) is 0 Å². The third-order valence-corrected chi connectivity index (χ3v) is 8.37. The zero-order valence-electron chi connectivity index (χ0n) is 18.2. The summed E-state index contributed by atoms with van der Waals surface area (Å²) in [7, 11) is 0. The Labute approximate surface area is 192 Å². The highest BCUT2D eigenvalue weighted by atomic mass is 32.1. The number of carboxylic acids is 1. The third-order valence-electron chi connectivity index (χ3n) is 6.48. The average Bonchev–Trinajstić information content (AvgIpc) is 3.42. The fourth-order valence-corrected chi connectivity index (χ4v) is 6.40. The second-order valence-corrected chi connectivity index (χ2v) is 11.0. The zero-order valence-corrected chi connectivity index (χ0v) is 19.8. The van der Waals surface area contributed by atoms with Gasteiger partial charge in [0.25, 0.3) is 0 Å². The number of benzene rings is 1. The first-order chi connectivity index (χ1) is 14.9. The van der Waals surface area contributed by atoms with Crippen molar-refractivity contribution in [2.75, 3.05) is 11.4 Å². The Kier molecular flexibility index (Phi) is 6.77. The van der Waals surface area contributed by atoms with Crippen molar-refractivity contribution in [2.45, 2.75) is 63.8 Å². The lowest BCUT2D eigenvalue weighted by Gasteiger charge is -2.36. The summed E-state index contributed by atoms with van der Waals surface area (Å²) in [6.45, 7) is 5.64. The summed E-state index contributed by atoms with van der Waals surface area (Å²) in [4.78, 5) is 20.9. The lowest BCUT2D eigenvalue weighted by Crippen LogP contribution is -2.29. The van der Waals surface area contributed by atoms with Crippen LogP contribution in [0.2, 0.25) is 0 Å². The van der Waals surface area contributed by atoms with Crippen LogP contribution in [-0.4, -0.2) is 22.6 Å². The minimum Gasteiger partial charge on any atom is -0.481 e. The number of aryl methyl sites for hydroxylation is 1. The molecule has 0 bridgehead atoms. The maximum absolute atomic E-state index is 11.2. The van der Waals surface area contributed by atoms with Gasteiger partial charge in [-0.3, -0.25) is 4.79 Å². The minimum absolute atomic E-state index is 0.0953. The highest BCUT2D eigenvalue weighted by molar-refractivity contribution is 7.14. The van der Waals surface area contributed by atoms with Gasteiger partial charge < -0.3 is 10.0 Å². The molecule has 164 valence electrons. The summed E-state index contributed by atoms with van der Waals surface area (Å²) < 4.78 is 0. The number of carbonyl (C=O) groups is 1. The van der Waals surface area contributed by atoms with Crippen LogP contribution in [-0.2, 0) is 16.8 Å². The van der Waals surface area contributed by atoms with Crippen LogP contribution in [0.3, 0.4) is 0 Å². The van der Waals surface area contributed by atoms with Crippen LogP contribution < -0.4 is 4.90 Å². The number of hydrogen-bond donors (Lipinski definition) is 1. The first-order valence-corrected chi connectivity index (χ1v) is 12.7. The highest BCUT2D eigenvalue weighted by Crippen LogP contribution is 2.45. The highest BCUT2D eigenvalue weighted by Gasteiger charge is 2.35. The number of anilines is 1. The molecule has 1 N–H and O–H groups in total. The third kappa shape index (κ3) is 5.36. The molecule has 0 saturated heterocycles. The molecule has 0 radical (unpaired) electrons. The normalized spacial score (nSPS) is 21.2. The van der Waals surface area contributed by atoms with E-state index in [1.165, 1.54) is 33.9 Å². The van der Waals surface area contributed by atoms with E-state index in [0.717, 1.165) is 18.0 Å². The number of nitrogens with zero attached hydrogens (tertiary/aromatic N) is 2. The van der Waals surface area contributed by atoms with Crippen LogP contribution in [0.1, 0.15) is 66.0 Å². The van der Waals surface area contributed by atoms with Gasteiger partial charge >= 0.3 is 5.97 Å². The van der Waals surface area contributed by atoms with Crippen LogP contribution in [0, 0.1) is 6.92 Å². The zero-order chi connectivity index (χ0) is 21.8. The Morgan fingerprint density at radius 1 is 1.19 bits per heavy atom. The van der Waals surface area contributed by atoms with E-state index >= 15 is 0 Å². The van der Waals surface area contributed by atoms with Crippen molar-refractivity contribution in [1.29, 1.82) is 0 Å². The Morgan fingerprint density at radius 3 is 2.58 bits per heavy atom. The van der Waals surface area contributed by atoms with E-state index in [1.54, 1.807) is 22.7 Å².